The van der Waals surface area contributed by atoms with Gasteiger partial charge in [0.1, 0.15) is 11.5 Å². The van der Waals surface area contributed by atoms with Gasteiger partial charge < -0.3 is 4.74 Å². The highest BCUT2D eigenvalue weighted by Gasteiger charge is 2.22. The molecule has 0 saturated carbocycles. The molecular weight excluding hydrogens is 653 g/mol. The Bertz CT molecular complexity index is 2820. The van der Waals surface area contributed by atoms with E-state index >= 15 is 0 Å². The van der Waals surface area contributed by atoms with E-state index in [2.05, 4.69) is 186 Å². The van der Waals surface area contributed by atoms with Crippen LogP contribution in [0.3, 0.4) is 0 Å². The zero-order valence-electron chi connectivity index (χ0n) is 31.3. The van der Waals surface area contributed by atoms with Gasteiger partial charge in [-0.05, 0) is 133 Å². The maximum absolute atomic E-state index is 6.82. The molecule has 0 aliphatic heterocycles. The van der Waals surface area contributed by atoms with Crippen molar-refractivity contribution in [2.24, 2.45) is 0 Å². The summed E-state index contributed by atoms with van der Waals surface area (Å²) in [6.45, 7) is 13.2. The first kappa shape index (κ1) is 33.4. The van der Waals surface area contributed by atoms with E-state index < -0.39 is 0 Å². The highest BCUT2D eigenvalue weighted by Crippen LogP contribution is 2.48. The van der Waals surface area contributed by atoms with Crippen molar-refractivity contribution in [2.75, 3.05) is 0 Å². The van der Waals surface area contributed by atoms with Gasteiger partial charge in [-0.25, -0.2) is 0 Å². The molecule has 0 bridgehead atoms. The Hall–Kier alpha value is -6.44. The van der Waals surface area contributed by atoms with Crippen molar-refractivity contribution >= 4 is 38.1 Å². The largest absolute Gasteiger partial charge is 0.457 e. The quantitative estimate of drug-likeness (QED) is 0.114. The second kappa shape index (κ2) is 13.5. The van der Waals surface area contributed by atoms with E-state index in [0.29, 0.717) is 5.76 Å². The summed E-state index contributed by atoms with van der Waals surface area (Å²) < 4.78 is 6.82. The number of ether oxygens (including phenoxy) is 1. The Balaban J connectivity index is 1.32. The van der Waals surface area contributed by atoms with Crippen LogP contribution >= 0.6 is 0 Å². The molecule has 1 nitrogen and oxygen atoms in total. The molecule has 0 unspecified atom stereocenters. The molecule has 0 aromatic heterocycles. The van der Waals surface area contributed by atoms with E-state index in [9.17, 15) is 0 Å². The van der Waals surface area contributed by atoms with E-state index in [-0.39, 0.29) is 0 Å². The molecule has 0 aliphatic rings. The van der Waals surface area contributed by atoms with Crippen LogP contribution in [0.1, 0.15) is 34.7 Å². The molecule has 0 amide bonds. The lowest BCUT2D eigenvalue weighted by Gasteiger charge is -2.22. The van der Waals surface area contributed by atoms with Crippen LogP contribution in [0.4, 0.5) is 0 Å². The van der Waals surface area contributed by atoms with Crippen molar-refractivity contribution in [3.05, 3.63) is 192 Å². The summed E-state index contributed by atoms with van der Waals surface area (Å²) >= 11 is 0. The van der Waals surface area contributed by atoms with Crippen LogP contribution < -0.4 is 4.74 Å². The van der Waals surface area contributed by atoms with E-state index in [4.69, 9.17) is 4.74 Å². The lowest BCUT2D eigenvalue weighted by molar-refractivity contribution is 0.513. The molecule has 9 aromatic carbocycles. The second-order valence-corrected chi connectivity index (χ2v) is 14.7. The van der Waals surface area contributed by atoms with Crippen LogP contribution in [0.2, 0.25) is 0 Å². The van der Waals surface area contributed by atoms with Crippen molar-refractivity contribution in [1.82, 2.24) is 0 Å². The number of aryl methyl sites for hydroxylation is 4. The van der Waals surface area contributed by atoms with Gasteiger partial charge in [-0.15, -0.1) is 0 Å². The Morgan fingerprint density at radius 3 is 1.50 bits per heavy atom. The van der Waals surface area contributed by atoms with E-state index in [1.165, 1.54) is 77.0 Å². The monoisotopic (exact) mass is 694 g/mol. The van der Waals surface area contributed by atoms with Crippen molar-refractivity contribution in [3.63, 3.8) is 0 Å². The maximum atomic E-state index is 6.82. The summed E-state index contributed by atoms with van der Waals surface area (Å²) in [5, 5.41) is 7.34. The molecule has 9 aromatic rings. The van der Waals surface area contributed by atoms with Crippen LogP contribution in [0.5, 0.6) is 5.75 Å². The summed E-state index contributed by atoms with van der Waals surface area (Å²) in [6, 6.07) is 57.8. The molecular formula is C53H42O. The summed E-state index contributed by atoms with van der Waals surface area (Å²) in [5.41, 5.74) is 15.4. The number of hydrogen-bond acceptors (Lipinski definition) is 1. The molecule has 1 heteroatoms. The van der Waals surface area contributed by atoms with Crippen LogP contribution in [0, 0.1) is 20.8 Å². The molecule has 260 valence electrons. The Morgan fingerprint density at radius 2 is 0.944 bits per heavy atom. The van der Waals surface area contributed by atoms with Gasteiger partial charge in [0.2, 0.25) is 0 Å². The summed E-state index contributed by atoms with van der Waals surface area (Å²) in [4.78, 5) is 0. The molecule has 0 saturated heterocycles. The molecule has 0 radical (unpaired) electrons. The Morgan fingerprint density at radius 1 is 0.463 bits per heavy atom. The van der Waals surface area contributed by atoms with Gasteiger partial charge in [0.05, 0.1) is 0 Å². The van der Waals surface area contributed by atoms with Gasteiger partial charge in [0.25, 0.3) is 0 Å². The lowest BCUT2D eigenvalue weighted by Crippen LogP contribution is -2.00. The van der Waals surface area contributed by atoms with Crippen molar-refractivity contribution < 1.29 is 4.74 Å². The molecule has 0 fully saturated rings. The van der Waals surface area contributed by atoms with Crippen molar-refractivity contribution in [3.8, 4) is 50.3 Å². The third-order valence-electron chi connectivity index (χ3n) is 11.1. The van der Waals surface area contributed by atoms with E-state index in [0.717, 1.165) is 39.8 Å². The fourth-order valence-corrected chi connectivity index (χ4v) is 8.03. The van der Waals surface area contributed by atoms with Gasteiger partial charge >= 0.3 is 0 Å². The van der Waals surface area contributed by atoms with Gasteiger partial charge in [-0.2, -0.15) is 0 Å². The number of benzene rings is 9. The minimum absolute atomic E-state index is 0.628. The minimum Gasteiger partial charge on any atom is -0.457 e. The smallest absolute Gasteiger partial charge is 0.130 e. The predicted molar refractivity (Wildman–Crippen MR) is 232 cm³/mol. The van der Waals surface area contributed by atoms with Gasteiger partial charge in [0.15, 0.2) is 0 Å². The fourth-order valence-electron chi connectivity index (χ4n) is 8.03. The van der Waals surface area contributed by atoms with E-state index in [1.807, 2.05) is 6.07 Å². The number of rotatable bonds is 8. The molecule has 0 N–H and O–H groups in total. The first-order valence-corrected chi connectivity index (χ1v) is 18.9. The zero-order chi connectivity index (χ0) is 36.9. The average molecular weight is 695 g/mol. The zero-order valence-corrected chi connectivity index (χ0v) is 31.3. The molecule has 0 spiro atoms. The van der Waals surface area contributed by atoms with Crippen LogP contribution in [0.15, 0.2) is 164 Å². The molecule has 9 rings (SSSR count). The molecule has 0 aliphatic carbocycles. The third kappa shape index (κ3) is 5.83. The molecule has 0 atom stereocenters. The molecule has 0 heterocycles. The third-order valence-corrected chi connectivity index (χ3v) is 11.1. The van der Waals surface area contributed by atoms with E-state index in [1.54, 1.807) is 0 Å². The molecule has 54 heavy (non-hydrogen) atoms. The first-order valence-electron chi connectivity index (χ1n) is 18.9. The second-order valence-electron chi connectivity index (χ2n) is 14.7. The summed E-state index contributed by atoms with van der Waals surface area (Å²) in [6.07, 6.45) is 1.01. The standard InChI is InChI=1S/C53H42O/c1-6-37-17-24-41(25-18-37)50-32-49(40-21-14-34(3)15-22-40)45-27-26-43-47(36(5)54-51-30-42(23-16-35(51)4)38-10-8-7-9-11-38)31-48(39-19-12-33(2)13-20-39)44-28-29-46(50)53(45)52(43)44/h7-32H,5-6H2,1-4H3. The highest BCUT2D eigenvalue weighted by atomic mass is 16.5. The highest BCUT2D eigenvalue weighted by molar-refractivity contribution is 6.31. The number of hydrogen-bond donors (Lipinski definition) is 0. The van der Waals surface area contributed by atoms with Crippen LogP contribution in [0.25, 0.3) is 82.6 Å². The Kier molecular flexibility index (Phi) is 8.36. The van der Waals surface area contributed by atoms with Gasteiger partial charge in [0, 0.05) is 5.56 Å². The van der Waals surface area contributed by atoms with Gasteiger partial charge in [-0.1, -0.05) is 164 Å². The van der Waals surface area contributed by atoms with Crippen molar-refractivity contribution in [2.45, 2.75) is 34.1 Å². The lowest BCUT2D eigenvalue weighted by atomic mass is 9.82. The minimum atomic E-state index is 0.628. The summed E-state index contributed by atoms with van der Waals surface area (Å²) in [7, 11) is 0. The summed E-state index contributed by atoms with van der Waals surface area (Å²) in [5.74, 6) is 1.44. The first-order chi connectivity index (χ1) is 26.4. The fraction of sp³-hybridized carbons (Fsp3) is 0.0943. The van der Waals surface area contributed by atoms with Gasteiger partial charge in [-0.3, -0.25) is 0 Å². The maximum Gasteiger partial charge on any atom is 0.130 e. The normalized spacial score (nSPS) is 11.5. The SMILES string of the molecule is C=C(Oc1cc(-c2ccccc2)ccc1C)c1cc(-c2ccc(C)cc2)c2ccc3c(-c4ccc(CC)cc4)cc(-c4ccc(C)cc4)c4ccc1c2c43. The topological polar surface area (TPSA) is 9.23 Å². The average Bonchev–Trinajstić information content (AvgIpc) is 3.21. The Labute approximate surface area is 318 Å². The predicted octanol–water partition coefficient (Wildman–Crippen LogP) is 14.8. The van der Waals surface area contributed by atoms with Crippen LogP contribution in [-0.4, -0.2) is 0 Å². The van der Waals surface area contributed by atoms with Crippen LogP contribution in [-0.2, 0) is 6.42 Å². The van der Waals surface area contributed by atoms with Crippen molar-refractivity contribution in [1.29, 1.82) is 0 Å².